The Labute approximate surface area is 169 Å². The van der Waals surface area contributed by atoms with Gasteiger partial charge in [-0.15, -0.1) is 0 Å². The Morgan fingerprint density at radius 1 is 1.10 bits per heavy atom. The third-order valence-corrected chi connectivity index (χ3v) is 4.85. The molecule has 2 rings (SSSR count). The van der Waals surface area contributed by atoms with E-state index >= 15 is 0 Å². The molecule has 2 N–H and O–H groups in total. The lowest BCUT2D eigenvalue weighted by atomic mass is 9.98. The van der Waals surface area contributed by atoms with Crippen LogP contribution >= 0.6 is 0 Å². The van der Waals surface area contributed by atoms with Gasteiger partial charge in [0, 0.05) is 0 Å². The van der Waals surface area contributed by atoms with Crippen molar-refractivity contribution >= 4 is 22.0 Å². The number of esters is 1. The Hall–Kier alpha value is -2.91. The van der Waals surface area contributed by atoms with Crippen LogP contribution in [0.15, 0.2) is 48.5 Å². The number of hydrogen-bond acceptors (Lipinski definition) is 6. The Bertz CT molecular complexity index is 958. The molecule has 0 bridgehead atoms. The van der Waals surface area contributed by atoms with Crippen molar-refractivity contribution in [1.29, 1.82) is 0 Å². The molecular weight excluding hydrogens is 398 g/mol. The van der Waals surface area contributed by atoms with E-state index in [1.165, 1.54) is 7.11 Å². The maximum absolute atomic E-state index is 13.1. The van der Waals surface area contributed by atoms with Crippen molar-refractivity contribution in [1.82, 2.24) is 5.32 Å². The Morgan fingerprint density at radius 3 is 2.38 bits per heavy atom. The summed E-state index contributed by atoms with van der Waals surface area (Å²) in [6.07, 6.45) is -0.334. The minimum atomic E-state index is -4.32. The molecular formula is C20H23NO7S. The van der Waals surface area contributed by atoms with Gasteiger partial charge in [0.15, 0.2) is 0 Å². The first-order chi connectivity index (χ1) is 13.8. The molecule has 0 aromatic heterocycles. The van der Waals surface area contributed by atoms with Crippen LogP contribution in [0.1, 0.15) is 23.7 Å². The van der Waals surface area contributed by atoms with Gasteiger partial charge in [-0.25, -0.2) is 4.79 Å². The molecule has 0 heterocycles. The van der Waals surface area contributed by atoms with Crippen molar-refractivity contribution < 1.29 is 32.0 Å². The van der Waals surface area contributed by atoms with Crippen LogP contribution in [0, 0.1) is 0 Å². The average Bonchev–Trinajstić information content (AvgIpc) is 2.70. The topological polar surface area (TPSA) is 119 Å². The zero-order valence-electron chi connectivity index (χ0n) is 16.1. The summed E-state index contributed by atoms with van der Waals surface area (Å²) in [4.78, 5) is 25.2. The third kappa shape index (κ3) is 6.30. The first kappa shape index (κ1) is 22.4. The summed E-state index contributed by atoms with van der Waals surface area (Å²) >= 11 is 0. The molecule has 0 aliphatic heterocycles. The van der Waals surface area contributed by atoms with Crippen molar-refractivity contribution in [3.05, 3.63) is 54.1 Å². The molecule has 1 atom stereocenters. The van der Waals surface area contributed by atoms with Gasteiger partial charge in [-0.05, 0) is 30.5 Å². The summed E-state index contributed by atoms with van der Waals surface area (Å²) in [6, 6.07) is 13.0. The molecule has 0 fully saturated rings. The molecule has 0 spiro atoms. The fourth-order valence-electron chi connectivity index (χ4n) is 2.78. The Balaban J connectivity index is 2.39. The molecule has 0 radical (unpaired) electrons. The van der Waals surface area contributed by atoms with Crippen LogP contribution in [0.3, 0.4) is 0 Å². The van der Waals surface area contributed by atoms with Crippen LogP contribution < -0.4 is 10.1 Å². The van der Waals surface area contributed by atoms with Crippen LogP contribution in [-0.2, 0) is 19.6 Å². The van der Waals surface area contributed by atoms with Gasteiger partial charge in [0.25, 0.3) is 16.0 Å². The van der Waals surface area contributed by atoms with E-state index in [0.717, 1.165) is 5.56 Å². The number of benzene rings is 2. The van der Waals surface area contributed by atoms with E-state index in [0.29, 0.717) is 11.3 Å². The molecule has 0 saturated carbocycles. The van der Waals surface area contributed by atoms with Gasteiger partial charge < -0.3 is 14.8 Å². The second-order valence-corrected chi connectivity index (χ2v) is 7.67. The highest BCUT2D eigenvalue weighted by Gasteiger charge is 2.27. The number of carbonyl (C=O) groups is 2. The van der Waals surface area contributed by atoms with Gasteiger partial charge in [-0.1, -0.05) is 42.5 Å². The summed E-state index contributed by atoms with van der Waals surface area (Å²) < 4.78 is 41.4. The summed E-state index contributed by atoms with van der Waals surface area (Å²) in [7, 11) is -2.90. The highest BCUT2D eigenvalue weighted by molar-refractivity contribution is 7.85. The van der Waals surface area contributed by atoms with E-state index in [2.05, 4.69) is 5.32 Å². The number of ether oxygens (including phenoxy) is 2. The minimum Gasteiger partial charge on any atom is -0.496 e. The third-order valence-electron chi connectivity index (χ3n) is 4.10. The van der Waals surface area contributed by atoms with Crippen molar-refractivity contribution in [2.24, 2.45) is 0 Å². The van der Waals surface area contributed by atoms with Crippen LogP contribution in [0.5, 0.6) is 5.75 Å². The average molecular weight is 421 g/mol. The van der Waals surface area contributed by atoms with Crippen LogP contribution in [-0.4, -0.2) is 50.4 Å². The quantitative estimate of drug-likeness (QED) is 0.471. The van der Waals surface area contributed by atoms with Gasteiger partial charge >= 0.3 is 5.97 Å². The predicted molar refractivity (Wildman–Crippen MR) is 107 cm³/mol. The Kier molecular flexibility index (Phi) is 7.74. The molecule has 0 saturated heterocycles. The minimum absolute atomic E-state index is 0.0565. The second kappa shape index (κ2) is 10.0. The van der Waals surface area contributed by atoms with E-state index in [-0.39, 0.29) is 18.6 Å². The number of hydrogen-bond donors (Lipinski definition) is 2. The highest BCUT2D eigenvalue weighted by atomic mass is 32.2. The normalized spacial score (nSPS) is 12.1. The molecule has 8 nitrogen and oxygen atoms in total. The molecule has 9 heteroatoms. The monoisotopic (exact) mass is 421 g/mol. The molecule has 0 aliphatic rings. The largest absolute Gasteiger partial charge is 0.496 e. The zero-order valence-corrected chi connectivity index (χ0v) is 16.9. The SMILES string of the molecule is CCOC(=O)[C@H](CCS(=O)(=O)O)NC(=O)c1c(OC)cccc1-c1ccccc1. The summed E-state index contributed by atoms with van der Waals surface area (Å²) in [5, 5.41) is 2.51. The molecule has 2 aromatic rings. The van der Waals surface area contributed by atoms with Gasteiger partial charge in [0.2, 0.25) is 0 Å². The van der Waals surface area contributed by atoms with E-state index in [4.69, 9.17) is 14.0 Å². The predicted octanol–water partition coefficient (Wildman–Crippen LogP) is 2.30. The molecule has 0 aliphatic carbocycles. The van der Waals surface area contributed by atoms with Gasteiger partial charge in [0.05, 0.1) is 25.0 Å². The maximum Gasteiger partial charge on any atom is 0.328 e. The smallest absolute Gasteiger partial charge is 0.328 e. The molecule has 29 heavy (non-hydrogen) atoms. The van der Waals surface area contributed by atoms with Crippen LogP contribution in [0.4, 0.5) is 0 Å². The number of methoxy groups -OCH3 is 1. The van der Waals surface area contributed by atoms with Gasteiger partial charge in [-0.2, -0.15) is 8.42 Å². The zero-order chi connectivity index (χ0) is 21.4. The summed E-state index contributed by atoms with van der Waals surface area (Å²) in [5.41, 5.74) is 1.55. The summed E-state index contributed by atoms with van der Waals surface area (Å²) in [5.74, 6) is -1.83. The number of nitrogens with one attached hydrogen (secondary N) is 1. The van der Waals surface area contributed by atoms with Crippen molar-refractivity contribution in [2.75, 3.05) is 19.5 Å². The van der Waals surface area contributed by atoms with E-state index in [9.17, 15) is 18.0 Å². The van der Waals surface area contributed by atoms with Crippen molar-refractivity contribution in [3.63, 3.8) is 0 Å². The fourth-order valence-corrected chi connectivity index (χ4v) is 3.32. The van der Waals surface area contributed by atoms with Gasteiger partial charge in [-0.3, -0.25) is 9.35 Å². The Morgan fingerprint density at radius 2 is 1.79 bits per heavy atom. The van der Waals surface area contributed by atoms with E-state index in [1.807, 2.05) is 30.3 Å². The first-order valence-electron chi connectivity index (χ1n) is 8.92. The molecule has 2 aromatic carbocycles. The molecule has 0 unspecified atom stereocenters. The number of carbonyl (C=O) groups excluding carboxylic acids is 2. The highest BCUT2D eigenvalue weighted by Crippen LogP contribution is 2.30. The maximum atomic E-state index is 13.1. The van der Waals surface area contributed by atoms with Crippen LogP contribution in [0.2, 0.25) is 0 Å². The van der Waals surface area contributed by atoms with Crippen LogP contribution in [0.25, 0.3) is 11.1 Å². The van der Waals surface area contributed by atoms with E-state index < -0.39 is 33.8 Å². The fraction of sp³-hybridized carbons (Fsp3) is 0.300. The standard InChI is InChI=1S/C20H23NO7S/c1-3-28-20(23)16(12-13-29(24,25)26)21-19(22)18-15(10-7-11-17(18)27-2)14-8-5-4-6-9-14/h4-11,16H,3,12-13H2,1-2H3,(H,21,22)(H,24,25,26)/t16-/m0/s1. The second-order valence-electron chi connectivity index (χ2n) is 6.10. The lowest BCUT2D eigenvalue weighted by Gasteiger charge is -2.19. The summed E-state index contributed by atoms with van der Waals surface area (Å²) in [6.45, 7) is 1.65. The molecule has 156 valence electrons. The van der Waals surface area contributed by atoms with E-state index in [1.54, 1.807) is 25.1 Å². The molecule has 1 amide bonds. The van der Waals surface area contributed by atoms with Crippen molar-refractivity contribution in [3.8, 4) is 16.9 Å². The lowest BCUT2D eigenvalue weighted by Crippen LogP contribution is -2.43. The first-order valence-corrected chi connectivity index (χ1v) is 10.5. The number of amides is 1. The van der Waals surface area contributed by atoms with Gasteiger partial charge in [0.1, 0.15) is 11.8 Å². The number of rotatable bonds is 9. The van der Waals surface area contributed by atoms with Crippen molar-refractivity contribution in [2.45, 2.75) is 19.4 Å². The lowest BCUT2D eigenvalue weighted by molar-refractivity contribution is -0.145.